The van der Waals surface area contributed by atoms with Crippen LogP contribution in [0.3, 0.4) is 0 Å². The smallest absolute Gasteiger partial charge is 0.261 e. The first-order chi connectivity index (χ1) is 13.5. The highest BCUT2D eigenvalue weighted by Gasteiger charge is 2.39. The van der Waals surface area contributed by atoms with E-state index < -0.39 is 6.04 Å². The van der Waals surface area contributed by atoms with E-state index in [1.54, 1.807) is 34.9 Å². The molecule has 0 saturated carbocycles. The SMILES string of the molecule is Cc1ccc2c(c1)C(=O)N(CCC(=O)N1CSC[C@H]1C(=O)N1CCCC1)C2=O. The van der Waals surface area contributed by atoms with Crippen molar-refractivity contribution in [2.75, 3.05) is 31.3 Å². The third-order valence-electron chi connectivity index (χ3n) is 5.58. The Morgan fingerprint density at radius 1 is 1.11 bits per heavy atom. The molecule has 0 N–H and O–H groups in total. The Kier molecular flexibility index (Phi) is 5.14. The predicted molar refractivity (Wildman–Crippen MR) is 105 cm³/mol. The van der Waals surface area contributed by atoms with Gasteiger partial charge in [0.1, 0.15) is 6.04 Å². The lowest BCUT2D eigenvalue weighted by atomic mass is 10.1. The highest BCUT2D eigenvalue weighted by Crippen LogP contribution is 2.27. The van der Waals surface area contributed by atoms with Crippen molar-refractivity contribution >= 4 is 35.4 Å². The van der Waals surface area contributed by atoms with Crippen LogP contribution < -0.4 is 0 Å². The van der Waals surface area contributed by atoms with Crippen LogP contribution in [0.1, 0.15) is 45.5 Å². The van der Waals surface area contributed by atoms with E-state index >= 15 is 0 Å². The van der Waals surface area contributed by atoms with Crippen molar-refractivity contribution < 1.29 is 19.2 Å². The topological polar surface area (TPSA) is 78.0 Å². The summed E-state index contributed by atoms with van der Waals surface area (Å²) in [5, 5.41) is 0. The van der Waals surface area contributed by atoms with Crippen LogP contribution in [0, 0.1) is 6.92 Å². The fraction of sp³-hybridized carbons (Fsp3) is 0.500. The Hall–Kier alpha value is -2.35. The van der Waals surface area contributed by atoms with Gasteiger partial charge in [0, 0.05) is 31.8 Å². The van der Waals surface area contributed by atoms with Crippen LogP contribution in [-0.2, 0) is 9.59 Å². The molecule has 3 aliphatic heterocycles. The summed E-state index contributed by atoms with van der Waals surface area (Å²) >= 11 is 1.57. The van der Waals surface area contributed by atoms with E-state index in [1.165, 1.54) is 0 Å². The second kappa shape index (κ2) is 7.58. The van der Waals surface area contributed by atoms with Crippen LogP contribution >= 0.6 is 11.8 Å². The molecule has 2 fully saturated rings. The maximum Gasteiger partial charge on any atom is 0.261 e. The highest BCUT2D eigenvalue weighted by molar-refractivity contribution is 7.99. The Morgan fingerprint density at radius 2 is 1.82 bits per heavy atom. The number of aryl methyl sites for hydroxylation is 1. The van der Waals surface area contributed by atoms with Gasteiger partial charge < -0.3 is 9.80 Å². The maximum absolute atomic E-state index is 12.8. The summed E-state index contributed by atoms with van der Waals surface area (Å²) in [5.41, 5.74) is 1.70. The molecule has 8 heteroatoms. The molecule has 4 amide bonds. The zero-order chi connectivity index (χ0) is 19.8. The molecular weight excluding hydrogens is 378 g/mol. The number of amides is 4. The van der Waals surface area contributed by atoms with E-state index in [2.05, 4.69) is 0 Å². The third kappa shape index (κ3) is 3.30. The fourth-order valence-electron chi connectivity index (χ4n) is 4.00. The Labute approximate surface area is 168 Å². The highest BCUT2D eigenvalue weighted by atomic mass is 32.2. The van der Waals surface area contributed by atoms with E-state index in [0.717, 1.165) is 36.4 Å². The molecule has 1 aromatic carbocycles. The summed E-state index contributed by atoms with van der Waals surface area (Å²) in [5.74, 6) is 0.213. The number of fused-ring (bicyclic) bond motifs is 1. The minimum atomic E-state index is -0.430. The predicted octanol–water partition coefficient (Wildman–Crippen LogP) is 1.51. The average Bonchev–Trinajstić information content (AvgIpc) is 3.42. The number of rotatable bonds is 4. The van der Waals surface area contributed by atoms with Crippen molar-refractivity contribution in [2.45, 2.75) is 32.2 Å². The van der Waals surface area contributed by atoms with Crippen LogP contribution in [0.25, 0.3) is 0 Å². The van der Waals surface area contributed by atoms with Gasteiger partial charge >= 0.3 is 0 Å². The summed E-state index contributed by atoms with van der Waals surface area (Å²) in [6, 6.07) is 4.74. The second-order valence-corrected chi connectivity index (χ2v) is 8.47. The first-order valence-electron chi connectivity index (χ1n) is 9.60. The normalized spacial score (nSPS) is 21.6. The summed E-state index contributed by atoms with van der Waals surface area (Å²) in [7, 11) is 0. The summed E-state index contributed by atoms with van der Waals surface area (Å²) in [4.78, 5) is 55.1. The van der Waals surface area contributed by atoms with E-state index in [1.807, 2.05) is 11.8 Å². The molecule has 148 valence electrons. The zero-order valence-electron chi connectivity index (χ0n) is 15.8. The molecule has 4 rings (SSSR count). The lowest BCUT2D eigenvalue weighted by Crippen LogP contribution is -2.48. The van der Waals surface area contributed by atoms with Gasteiger partial charge in [0.25, 0.3) is 11.8 Å². The minimum absolute atomic E-state index is 0.0204. The molecule has 0 bridgehead atoms. The fourth-order valence-corrected chi connectivity index (χ4v) is 5.17. The van der Waals surface area contributed by atoms with Gasteiger partial charge in [-0.2, -0.15) is 0 Å². The standard InChI is InChI=1S/C20H23N3O4S/c1-13-4-5-14-15(10-13)19(26)22(18(14)25)9-6-17(24)23-12-28-11-16(23)20(27)21-7-2-3-8-21/h4-5,10,16H,2-3,6-9,11-12H2,1H3/t16-/m0/s1. The van der Waals surface area contributed by atoms with E-state index in [9.17, 15) is 19.2 Å². The van der Waals surface area contributed by atoms with Crippen molar-refractivity contribution in [3.05, 3.63) is 34.9 Å². The zero-order valence-corrected chi connectivity index (χ0v) is 16.7. The second-order valence-electron chi connectivity index (χ2n) is 7.47. The van der Waals surface area contributed by atoms with Gasteiger partial charge in [-0.05, 0) is 31.9 Å². The van der Waals surface area contributed by atoms with E-state index in [4.69, 9.17) is 0 Å². The van der Waals surface area contributed by atoms with Crippen molar-refractivity contribution in [2.24, 2.45) is 0 Å². The molecule has 3 heterocycles. The van der Waals surface area contributed by atoms with Crippen LogP contribution in [0.5, 0.6) is 0 Å². The van der Waals surface area contributed by atoms with Crippen molar-refractivity contribution in [3.8, 4) is 0 Å². The van der Waals surface area contributed by atoms with Crippen LogP contribution in [0.15, 0.2) is 18.2 Å². The molecule has 0 spiro atoms. The minimum Gasteiger partial charge on any atom is -0.341 e. The molecule has 28 heavy (non-hydrogen) atoms. The van der Waals surface area contributed by atoms with Crippen LogP contribution in [-0.4, -0.2) is 75.6 Å². The van der Waals surface area contributed by atoms with Crippen LogP contribution in [0.2, 0.25) is 0 Å². The number of carbonyl (C=O) groups excluding carboxylic acids is 4. The van der Waals surface area contributed by atoms with Gasteiger partial charge in [-0.25, -0.2) is 0 Å². The van der Waals surface area contributed by atoms with Crippen molar-refractivity contribution in [1.29, 1.82) is 0 Å². The number of carbonyl (C=O) groups is 4. The largest absolute Gasteiger partial charge is 0.341 e. The van der Waals surface area contributed by atoms with Crippen molar-refractivity contribution in [3.63, 3.8) is 0 Å². The lowest BCUT2D eigenvalue weighted by molar-refractivity contribution is -0.142. The number of hydrogen-bond acceptors (Lipinski definition) is 5. The number of imide groups is 1. The average molecular weight is 401 g/mol. The summed E-state index contributed by atoms with van der Waals surface area (Å²) in [6.07, 6.45) is 2.06. The molecule has 7 nitrogen and oxygen atoms in total. The van der Waals surface area contributed by atoms with Gasteiger partial charge in [0.05, 0.1) is 17.0 Å². The Bertz CT molecular complexity index is 850. The van der Waals surface area contributed by atoms with E-state index in [0.29, 0.717) is 22.8 Å². The third-order valence-corrected chi connectivity index (χ3v) is 6.59. The molecule has 0 unspecified atom stereocenters. The van der Waals surface area contributed by atoms with Gasteiger partial charge in [-0.1, -0.05) is 11.6 Å². The Morgan fingerprint density at radius 3 is 2.57 bits per heavy atom. The number of likely N-dealkylation sites (tertiary alicyclic amines) is 1. The molecule has 2 saturated heterocycles. The maximum atomic E-state index is 12.8. The molecule has 1 atom stereocenters. The molecule has 0 aromatic heterocycles. The molecule has 0 aliphatic carbocycles. The molecule has 1 aromatic rings. The summed E-state index contributed by atoms with van der Waals surface area (Å²) in [6.45, 7) is 3.43. The Balaban J connectivity index is 1.39. The van der Waals surface area contributed by atoms with Gasteiger partial charge in [0.15, 0.2) is 0 Å². The van der Waals surface area contributed by atoms with Crippen LogP contribution in [0.4, 0.5) is 0 Å². The molecular formula is C20H23N3O4S. The number of hydrogen-bond donors (Lipinski definition) is 0. The van der Waals surface area contributed by atoms with Gasteiger partial charge in [-0.15, -0.1) is 11.8 Å². The number of thioether (sulfide) groups is 1. The molecule has 3 aliphatic rings. The first-order valence-corrected chi connectivity index (χ1v) is 10.8. The van der Waals surface area contributed by atoms with Gasteiger partial charge in [-0.3, -0.25) is 24.1 Å². The van der Waals surface area contributed by atoms with E-state index in [-0.39, 0.29) is 36.6 Å². The molecule has 0 radical (unpaired) electrons. The monoisotopic (exact) mass is 401 g/mol. The number of nitrogens with zero attached hydrogens (tertiary/aromatic N) is 3. The number of benzene rings is 1. The van der Waals surface area contributed by atoms with Gasteiger partial charge in [0.2, 0.25) is 11.8 Å². The summed E-state index contributed by atoms with van der Waals surface area (Å²) < 4.78 is 0. The lowest BCUT2D eigenvalue weighted by Gasteiger charge is -2.27. The van der Waals surface area contributed by atoms with Crippen molar-refractivity contribution in [1.82, 2.24) is 14.7 Å². The quantitative estimate of drug-likeness (QED) is 0.715. The first kappa shape index (κ1) is 19.0.